The summed E-state index contributed by atoms with van der Waals surface area (Å²) in [7, 11) is 0. The maximum Gasteiger partial charge on any atom is 0.408 e. The van der Waals surface area contributed by atoms with E-state index in [0.717, 1.165) is 6.07 Å². The standard InChI is InChI=1S/C12H12F2N2O3/c13-8-3-1-2-7(10(8)14)4-5-15-11(17)9-6-16-12(18)19-9/h1-3,9H,4-6H2,(H,15,17)(H,16,18)/t9-/m0/s1. The molecule has 2 rings (SSSR count). The van der Waals surface area contributed by atoms with Crippen molar-refractivity contribution in [1.82, 2.24) is 10.6 Å². The van der Waals surface area contributed by atoms with Crippen molar-refractivity contribution in [3.05, 3.63) is 35.4 Å². The number of amides is 2. The fourth-order valence-electron chi connectivity index (χ4n) is 1.71. The summed E-state index contributed by atoms with van der Waals surface area (Å²) < 4.78 is 30.9. The molecule has 2 amide bonds. The van der Waals surface area contributed by atoms with Gasteiger partial charge in [-0.25, -0.2) is 13.6 Å². The van der Waals surface area contributed by atoms with E-state index in [2.05, 4.69) is 15.4 Å². The number of hydrogen-bond donors (Lipinski definition) is 2. The molecule has 7 heteroatoms. The fraction of sp³-hybridized carbons (Fsp3) is 0.333. The molecule has 1 aliphatic rings. The first-order valence-electron chi connectivity index (χ1n) is 5.73. The summed E-state index contributed by atoms with van der Waals surface area (Å²) in [5.74, 6) is -2.29. The second-order valence-corrected chi connectivity index (χ2v) is 4.03. The van der Waals surface area contributed by atoms with Gasteiger partial charge in [0.2, 0.25) is 0 Å². The van der Waals surface area contributed by atoms with Crippen molar-refractivity contribution in [1.29, 1.82) is 0 Å². The Kier molecular flexibility index (Phi) is 3.94. The highest BCUT2D eigenvalue weighted by Crippen LogP contribution is 2.11. The molecule has 0 radical (unpaired) electrons. The molecule has 0 aliphatic carbocycles. The summed E-state index contributed by atoms with van der Waals surface area (Å²) >= 11 is 0. The molecule has 0 aromatic heterocycles. The van der Waals surface area contributed by atoms with Gasteiger partial charge in [-0.15, -0.1) is 0 Å². The number of carbonyl (C=O) groups is 2. The van der Waals surface area contributed by atoms with E-state index < -0.39 is 29.7 Å². The zero-order valence-corrected chi connectivity index (χ0v) is 9.91. The summed E-state index contributed by atoms with van der Waals surface area (Å²) in [5.41, 5.74) is 0.182. The molecular weight excluding hydrogens is 258 g/mol. The van der Waals surface area contributed by atoms with Gasteiger partial charge in [0.15, 0.2) is 17.7 Å². The highest BCUT2D eigenvalue weighted by atomic mass is 19.2. The van der Waals surface area contributed by atoms with Crippen LogP contribution < -0.4 is 10.6 Å². The second kappa shape index (κ2) is 5.64. The molecule has 19 heavy (non-hydrogen) atoms. The Bertz CT molecular complexity index is 508. The Morgan fingerprint density at radius 2 is 2.26 bits per heavy atom. The lowest BCUT2D eigenvalue weighted by atomic mass is 10.1. The minimum atomic E-state index is -0.919. The first-order valence-corrected chi connectivity index (χ1v) is 5.73. The molecular formula is C12H12F2N2O3. The molecule has 1 heterocycles. The van der Waals surface area contributed by atoms with Crippen molar-refractivity contribution in [2.45, 2.75) is 12.5 Å². The number of carbonyl (C=O) groups excluding carboxylic acids is 2. The van der Waals surface area contributed by atoms with Crippen LogP contribution in [0.5, 0.6) is 0 Å². The van der Waals surface area contributed by atoms with Crippen LogP contribution in [-0.2, 0) is 16.0 Å². The molecule has 1 aromatic rings. The van der Waals surface area contributed by atoms with Crippen molar-refractivity contribution < 1.29 is 23.1 Å². The van der Waals surface area contributed by atoms with E-state index in [9.17, 15) is 18.4 Å². The van der Waals surface area contributed by atoms with E-state index >= 15 is 0 Å². The van der Waals surface area contributed by atoms with Gasteiger partial charge in [0.25, 0.3) is 5.91 Å². The van der Waals surface area contributed by atoms with Crippen LogP contribution in [0, 0.1) is 11.6 Å². The van der Waals surface area contributed by atoms with Crippen LogP contribution in [0.1, 0.15) is 5.56 Å². The maximum absolute atomic E-state index is 13.3. The zero-order chi connectivity index (χ0) is 13.8. The molecule has 1 aromatic carbocycles. The number of rotatable bonds is 4. The molecule has 0 saturated carbocycles. The molecule has 5 nitrogen and oxygen atoms in total. The molecule has 1 atom stereocenters. The quantitative estimate of drug-likeness (QED) is 0.847. The van der Waals surface area contributed by atoms with Crippen LogP contribution in [0.4, 0.5) is 13.6 Å². The Hall–Kier alpha value is -2.18. The highest BCUT2D eigenvalue weighted by molar-refractivity contribution is 5.86. The van der Waals surface area contributed by atoms with Crippen LogP contribution >= 0.6 is 0 Å². The minimum absolute atomic E-state index is 0.110. The Labute approximate surface area is 107 Å². The van der Waals surface area contributed by atoms with Gasteiger partial charge in [0.1, 0.15) is 0 Å². The molecule has 0 bridgehead atoms. The Morgan fingerprint density at radius 3 is 2.95 bits per heavy atom. The molecule has 1 aliphatic heterocycles. The largest absolute Gasteiger partial charge is 0.434 e. The number of alkyl carbamates (subject to hydrolysis) is 1. The average molecular weight is 270 g/mol. The number of ether oxygens (including phenoxy) is 1. The lowest BCUT2D eigenvalue weighted by Gasteiger charge is -2.09. The van der Waals surface area contributed by atoms with Gasteiger partial charge < -0.3 is 15.4 Å². The lowest BCUT2D eigenvalue weighted by molar-refractivity contribution is -0.127. The third-order valence-electron chi connectivity index (χ3n) is 2.70. The topological polar surface area (TPSA) is 67.4 Å². The second-order valence-electron chi connectivity index (χ2n) is 4.03. The first-order chi connectivity index (χ1) is 9.08. The third-order valence-corrected chi connectivity index (χ3v) is 2.70. The van der Waals surface area contributed by atoms with Gasteiger partial charge in [0, 0.05) is 6.54 Å². The predicted molar refractivity (Wildman–Crippen MR) is 61.3 cm³/mol. The maximum atomic E-state index is 13.3. The molecule has 2 N–H and O–H groups in total. The summed E-state index contributed by atoms with van der Waals surface area (Å²) in [6.45, 7) is 0.242. The van der Waals surface area contributed by atoms with Gasteiger partial charge in [-0.2, -0.15) is 0 Å². The van der Waals surface area contributed by atoms with E-state index in [1.165, 1.54) is 12.1 Å². The highest BCUT2D eigenvalue weighted by Gasteiger charge is 2.28. The Balaban J connectivity index is 1.82. The number of cyclic esters (lactones) is 1. The first kappa shape index (κ1) is 13.3. The molecule has 0 unspecified atom stereocenters. The summed E-state index contributed by atoms with van der Waals surface area (Å²) in [5, 5.41) is 4.84. The van der Waals surface area contributed by atoms with Crippen LogP contribution in [-0.4, -0.2) is 31.2 Å². The molecule has 1 saturated heterocycles. The normalized spacial score (nSPS) is 17.8. The SMILES string of the molecule is O=C1NC[C@@H](C(=O)NCCc2cccc(F)c2F)O1. The minimum Gasteiger partial charge on any atom is -0.434 e. The van der Waals surface area contributed by atoms with Crippen molar-refractivity contribution in [2.75, 3.05) is 13.1 Å². The monoisotopic (exact) mass is 270 g/mol. The van der Waals surface area contributed by atoms with Gasteiger partial charge in [-0.1, -0.05) is 12.1 Å². The smallest absolute Gasteiger partial charge is 0.408 e. The van der Waals surface area contributed by atoms with Gasteiger partial charge >= 0.3 is 6.09 Å². The van der Waals surface area contributed by atoms with E-state index in [-0.39, 0.29) is 25.1 Å². The summed E-state index contributed by atoms with van der Waals surface area (Å²) in [4.78, 5) is 22.3. The fourth-order valence-corrected chi connectivity index (χ4v) is 1.71. The van der Waals surface area contributed by atoms with Crippen molar-refractivity contribution >= 4 is 12.0 Å². The van der Waals surface area contributed by atoms with Crippen molar-refractivity contribution in [2.24, 2.45) is 0 Å². The number of hydrogen-bond acceptors (Lipinski definition) is 3. The van der Waals surface area contributed by atoms with Gasteiger partial charge in [-0.05, 0) is 18.1 Å². The van der Waals surface area contributed by atoms with Gasteiger partial charge in [-0.3, -0.25) is 4.79 Å². The van der Waals surface area contributed by atoms with Crippen LogP contribution in [0.15, 0.2) is 18.2 Å². The molecule has 1 fully saturated rings. The van der Waals surface area contributed by atoms with Crippen molar-refractivity contribution in [3.8, 4) is 0 Å². The zero-order valence-electron chi connectivity index (χ0n) is 9.91. The summed E-state index contributed by atoms with van der Waals surface area (Å²) in [6, 6.07) is 3.88. The lowest BCUT2D eigenvalue weighted by Crippen LogP contribution is -2.37. The van der Waals surface area contributed by atoms with E-state index in [1.807, 2.05) is 0 Å². The number of nitrogens with one attached hydrogen (secondary N) is 2. The van der Waals surface area contributed by atoms with Crippen LogP contribution in [0.3, 0.4) is 0 Å². The third kappa shape index (κ3) is 3.18. The molecule has 0 spiro atoms. The van der Waals surface area contributed by atoms with E-state index in [4.69, 9.17) is 0 Å². The van der Waals surface area contributed by atoms with Crippen LogP contribution in [0.2, 0.25) is 0 Å². The predicted octanol–water partition coefficient (Wildman–Crippen LogP) is 0.732. The number of halogens is 2. The van der Waals surface area contributed by atoms with E-state index in [0.29, 0.717) is 0 Å². The van der Waals surface area contributed by atoms with E-state index in [1.54, 1.807) is 0 Å². The molecule has 102 valence electrons. The van der Waals surface area contributed by atoms with Crippen LogP contribution in [0.25, 0.3) is 0 Å². The Morgan fingerprint density at radius 1 is 1.47 bits per heavy atom. The summed E-state index contributed by atoms with van der Waals surface area (Å²) in [6.07, 6.45) is -1.36. The average Bonchev–Trinajstić information content (AvgIpc) is 2.81. The van der Waals surface area contributed by atoms with Gasteiger partial charge in [0.05, 0.1) is 6.54 Å². The number of benzene rings is 1. The van der Waals surface area contributed by atoms with Crippen molar-refractivity contribution in [3.63, 3.8) is 0 Å².